The van der Waals surface area contributed by atoms with Crippen molar-refractivity contribution in [3.8, 4) is 0 Å². The minimum Gasteiger partial charge on any atom is -0.330 e. The average Bonchev–Trinajstić information content (AvgIpc) is 2.83. The Hall–Kier alpha value is -1.71. The molecule has 0 amide bonds. The van der Waals surface area contributed by atoms with Crippen LogP contribution in [-0.4, -0.2) is 31.1 Å². The molecular weight excluding hydrogens is 323 g/mol. The minimum absolute atomic E-state index is 0.103. The number of piperidine rings is 1. The Balaban J connectivity index is 1.65. The van der Waals surface area contributed by atoms with Gasteiger partial charge in [0.1, 0.15) is 5.82 Å². The zero-order valence-electron chi connectivity index (χ0n) is 15.5. The quantitative estimate of drug-likeness (QED) is 0.897. The standard InChI is InChI=1S/C23H29FN2/c24-20-9-8-18-7-6-17-4-1-2-5-21(17)23(22(18)16-20)19-10-14-26(15-11-19)13-3-12-25/h1-2,4-5,8-9,16,19,23H,3,6-7,10-15,25H2. The van der Waals surface area contributed by atoms with E-state index in [1.165, 1.54) is 35.1 Å². The zero-order valence-corrected chi connectivity index (χ0v) is 15.5. The maximum Gasteiger partial charge on any atom is 0.123 e. The molecule has 2 aromatic rings. The van der Waals surface area contributed by atoms with Crippen LogP contribution in [0.15, 0.2) is 42.5 Å². The maximum atomic E-state index is 14.1. The van der Waals surface area contributed by atoms with Crippen LogP contribution in [0.25, 0.3) is 0 Å². The van der Waals surface area contributed by atoms with Crippen LogP contribution in [0.1, 0.15) is 47.4 Å². The molecule has 2 N–H and O–H groups in total. The van der Waals surface area contributed by atoms with E-state index in [0.717, 1.165) is 45.4 Å². The van der Waals surface area contributed by atoms with Gasteiger partial charge in [0.15, 0.2) is 0 Å². The first-order valence-corrected chi connectivity index (χ1v) is 10.0. The summed E-state index contributed by atoms with van der Waals surface area (Å²) in [5.74, 6) is 0.813. The number of fused-ring (bicyclic) bond motifs is 2. The van der Waals surface area contributed by atoms with Crippen molar-refractivity contribution in [2.75, 3.05) is 26.2 Å². The molecule has 2 aromatic carbocycles. The summed E-state index contributed by atoms with van der Waals surface area (Å²) in [5, 5.41) is 0. The van der Waals surface area contributed by atoms with Gasteiger partial charge in [-0.1, -0.05) is 30.3 Å². The third kappa shape index (κ3) is 3.56. The van der Waals surface area contributed by atoms with Crippen LogP contribution in [0.3, 0.4) is 0 Å². The van der Waals surface area contributed by atoms with E-state index in [1.807, 2.05) is 12.1 Å². The van der Waals surface area contributed by atoms with Crippen LogP contribution in [-0.2, 0) is 12.8 Å². The average molecular weight is 352 g/mol. The zero-order chi connectivity index (χ0) is 17.9. The lowest BCUT2D eigenvalue weighted by Gasteiger charge is -2.37. The lowest BCUT2D eigenvalue weighted by molar-refractivity contribution is 0.174. The fourth-order valence-electron chi connectivity index (χ4n) is 4.92. The summed E-state index contributed by atoms with van der Waals surface area (Å²) in [6.07, 6.45) is 5.50. The van der Waals surface area contributed by atoms with E-state index in [0.29, 0.717) is 11.8 Å². The van der Waals surface area contributed by atoms with E-state index in [-0.39, 0.29) is 5.82 Å². The van der Waals surface area contributed by atoms with Gasteiger partial charge in [0, 0.05) is 5.92 Å². The van der Waals surface area contributed by atoms with Gasteiger partial charge in [-0.05, 0) is 98.6 Å². The highest BCUT2D eigenvalue weighted by Gasteiger charge is 2.32. The minimum atomic E-state index is -0.103. The first-order valence-electron chi connectivity index (χ1n) is 10.0. The third-order valence-electron chi connectivity index (χ3n) is 6.28. The lowest BCUT2D eigenvalue weighted by atomic mass is 9.74. The van der Waals surface area contributed by atoms with Crippen LogP contribution < -0.4 is 5.73 Å². The summed E-state index contributed by atoms with van der Waals surface area (Å²) in [7, 11) is 0. The SMILES string of the molecule is NCCCN1CCC(C2c3ccccc3CCc3ccc(F)cc32)CC1. The maximum absolute atomic E-state index is 14.1. The topological polar surface area (TPSA) is 29.3 Å². The molecule has 2 aliphatic rings. The number of likely N-dealkylation sites (tertiary alicyclic amines) is 1. The smallest absolute Gasteiger partial charge is 0.123 e. The fourth-order valence-corrected chi connectivity index (χ4v) is 4.92. The number of hydrogen-bond acceptors (Lipinski definition) is 2. The largest absolute Gasteiger partial charge is 0.330 e. The van der Waals surface area contributed by atoms with Gasteiger partial charge in [-0.3, -0.25) is 0 Å². The lowest BCUT2D eigenvalue weighted by Crippen LogP contribution is -2.37. The number of aryl methyl sites for hydroxylation is 2. The molecule has 3 heteroatoms. The second-order valence-electron chi connectivity index (χ2n) is 7.84. The Labute approximate surface area is 156 Å². The molecule has 0 bridgehead atoms. The molecule has 1 unspecified atom stereocenters. The molecule has 1 aliphatic heterocycles. The van der Waals surface area contributed by atoms with E-state index in [9.17, 15) is 4.39 Å². The van der Waals surface area contributed by atoms with E-state index in [1.54, 1.807) is 6.07 Å². The van der Waals surface area contributed by atoms with Gasteiger partial charge in [0.2, 0.25) is 0 Å². The van der Waals surface area contributed by atoms with Gasteiger partial charge in [-0.2, -0.15) is 0 Å². The number of rotatable bonds is 4. The summed E-state index contributed by atoms with van der Waals surface area (Å²) in [4.78, 5) is 2.54. The molecule has 26 heavy (non-hydrogen) atoms. The first-order chi connectivity index (χ1) is 12.8. The molecule has 4 rings (SSSR count). The highest BCUT2D eigenvalue weighted by Crippen LogP contribution is 2.43. The summed E-state index contributed by atoms with van der Waals surface area (Å²) >= 11 is 0. The van der Waals surface area contributed by atoms with Crippen LogP contribution in [0, 0.1) is 11.7 Å². The highest BCUT2D eigenvalue weighted by atomic mass is 19.1. The summed E-state index contributed by atoms with van der Waals surface area (Å²) in [6, 6.07) is 14.3. The van der Waals surface area contributed by atoms with Crippen molar-refractivity contribution in [1.29, 1.82) is 0 Å². The summed E-state index contributed by atoms with van der Waals surface area (Å²) < 4.78 is 14.1. The van der Waals surface area contributed by atoms with E-state index < -0.39 is 0 Å². The van der Waals surface area contributed by atoms with Crippen LogP contribution >= 0.6 is 0 Å². The molecule has 1 heterocycles. The molecule has 0 spiro atoms. The van der Waals surface area contributed by atoms with Crippen molar-refractivity contribution < 1.29 is 4.39 Å². The van der Waals surface area contributed by atoms with Gasteiger partial charge in [0.25, 0.3) is 0 Å². The molecule has 0 radical (unpaired) electrons. The molecule has 2 nitrogen and oxygen atoms in total. The Kier molecular flexibility index (Phi) is 5.37. The highest BCUT2D eigenvalue weighted by molar-refractivity contribution is 5.45. The van der Waals surface area contributed by atoms with Crippen molar-refractivity contribution in [3.05, 3.63) is 70.5 Å². The number of benzene rings is 2. The molecule has 0 aromatic heterocycles. The van der Waals surface area contributed by atoms with Crippen molar-refractivity contribution in [3.63, 3.8) is 0 Å². The van der Waals surface area contributed by atoms with Gasteiger partial charge in [-0.15, -0.1) is 0 Å². The first kappa shape index (κ1) is 17.7. The van der Waals surface area contributed by atoms with Gasteiger partial charge in [0.05, 0.1) is 0 Å². The van der Waals surface area contributed by atoms with Crippen molar-refractivity contribution in [2.24, 2.45) is 11.7 Å². The molecule has 1 saturated heterocycles. The van der Waals surface area contributed by atoms with Crippen molar-refractivity contribution in [2.45, 2.75) is 38.0 Å². The molecular formula is C23H29FN2. The molecule has 0 saturated carbocycles. The Bertz CT molecular complexity index is 750. The second kappa shape index (κ2) is 7.89. The molecule has 1 fully saturated rings. The number of nitrogens with two attached hydrogens (primary N) is 1. The van der Waals surface area contributed by atoms with Crippen LogP contribution in [0.5, 0.6) is 0 Å². The van der Waals surface area contributed by atoms with Gasteiger partial charge >= 0.3 is 0 Å². The second-order valence-corrected chi connectivity index (χ2v) is 7.84. The molecule has 1 atom stereocenters. The van der Waals surface area contributed by atoms with Crippen LogP contribution in [0.4, 0.5) is 4.39 Å². The van der Waals surface area contributed by atoms with E-state index in [2.05, 4.69) is 29.2 Å². The van der Waals surface area contributed by atoms with E-state index in [4.69, 9.17) is 5.73 Å². The Morgan fingerprint density at radius 2 is 1.69 bits per heavy atom. The monoisotopic (exact) mass is 352 g/mol. The molecule has 138 valence electrons. The summed E-state index contributed by atoms with van der Waals surface area (Å²) in [5.41, 5.74) is 11.1. The number of hydrogen-bond donors (Lipinski definition) is 1. The van der Waals surface area contributed by atoms with Crippen molar-refractivity contribution >= 4 is 0 Å². The van der Waals surface area contributed by atoms with Crippen molar-refractivity contribution in [1.82, 2.24) is 4.90 Å². The number of nitrogens with zero attached hydrogens (tertiary/aromatic N) is 1. The third-order valence-corrected chi connectivity index (χ3v) is 6.28. The van der Waals surface area contributed by atoms with Gasteiger partial charge < -0.3 is 10.6 Å². The normalized spacial score (nSPS) is 21.1. The Morgan fingerprint density at radius 3 is 2.46 bits per heavy atom. The Morgan fingerprint density at radius 1 is 0.962 bits per heavy atom. The van der Waals surface area contributed by atoms with Gasteiger partial charge in [-0.25, -0.2) is 4.39 Å². The van der Waals surface area contributed by atoms with Crippen LogP contribution in [0.2, 0.25) is 0 Å². The fraction of sp³-hybridized carbons (Fsp3) is 0.478. The predicted octanol–water partition coefficient (Wildman–Crippen LogP) is 4.12. The van der Waals surface area contributed by atoms with E-state index >= 15 is 0 Å². The predicted molar refractivity (Wildman–Crippen MR) is 105 cm³/mol. The molecule has 1 aliphatic carbocycles. The summed E-state index contributed by atoms with van der Waals surface area (Å²) in [6.45, 7) is 4.14. The number of halogens is 1.